The Morgan fingerprint density at radius 2 is 1.79 bits per heavy atom. The van der Waals surface area contributed by atoms with Gasteiger partial charge in [0.2, 0.25) is 5.91 Å². The molecule has 0 unspecified atom stereocenters. The Labute approximate surface area is 145 Å². The SMILES string of the molecule is CC[C@H](NC(=O)CCCNC(=O)OC(C)(C)C)c1ccc(C)cc1. The zero-order chi connectivity index (χ0) is 18.2. The third-order valence-electron chi connectivity index (χ3n) is 3.47. The molecule has 0 saturated carbocycles. The van der Waals surface area contributed by atoms with E-state index < -0.39 is 11.7 Å². The zero-order valence-corrected chi connectivity index (χ0v) is 15.4. The minimum absolute atomic E-state index is 0.00610. The summed E-state index contributed by atoms with van der Waals surface area (Å²) in [5.41, 5.74) is 1.81. The molecule has 1 atom stereocenters. The third-order valence-corrected chi connectivity index (χ3v) is 3.47. The molecule has 2 amide bonds. The maximum absolute atomic E-state index is 12.1. The molecule has 134 valence electrons. The molecule has 0 aliphatic rings. The number of alkyl carbamates (subject to hydrolysis) is 1. The molecule has 0 fully saturated rings. The predicted octanol–water partition coefficient (Wildman–Crippen LogP) is 3.87. The van der Waals surface area contributed by atoms with Crippen molar-refractivity contribution in [3.05, 3.63) is 35.4 Å². The largest absolute Gasteiger partial charge is 0.444 e. The molecule has 0 aromatic heterocycles. The summed E-state index contributed by atoms with van der Waals surface area (Å²) in [6.07, 6.45) is 1.34. The van der Waals surface area contributed by atoms with Gasteiger partial charge in [0.15, 0.2) is 0 Å². The summed E-state index contributed by atoms with van der Waals surface area (Å²) in [4.78, 5) is 23.6. The summed E-state index contributed by atoms with van der Waals surface area (Å²) < 4.78 is 5.14. The van der Waals surface area contributed by atoms with E-state index in [1.54, 1.807) is 0 Å². The lowest BCUT2D eigenvalue weighted by Crippen LogP contribution is -2.34. The van der Waals surface area contributed by atoms with Crippen molar-refractivity contribution < 1.29 is 14.3 Å². The van der Waals surface area contributed by atoms with Crippen molar-refractivity contribution in [1.29, 1.82) is 0 Å². The van der Waals surface area contributed by atoms with E-state index in [2.05, 4.69) is 29.7 Å². The first-order chi connectivity index (χ1) is 11.2. The van der Waals surface area contributed by atoms with Crippen molar-refractivity contribution in [2.45, 2.75) is 65.5 Å². The van der Waals surface area contributed by atoms with Gasteiger partial charge >= 0.3 is 6.09 Å². The fraction of sp³-hybridized carbons (Fsp3) is 0.579. The van der Waals surface area contributed by atoms with E-state index in [4.69, 9.17) is 4.74 Å². The third kappa shape index (κ3) is 7.99. The molecule has 1 aromatic rings. The first-order valence-corrected chi connectivity index (χ1v) is 8.54. The average molecular weight is 334 g/mol. The standard InChI is InChI=1S/C19H30N2O3/c1-6-16(15-11-9-14(2)10-12-15)21-17(22)8-7-13-20-18(23)24-19(3,4)5/h9-12,16H,6-8,13H2,1-5H3,(H,20,23)(H,21,22)/t16-/m0/s1. The number of carbonyl (C=O) groups is 2. The summed E-state index contributed by atoms with van der Waals surface area (Å²) >= 11 is 0. The Kier molecular flexibility index (Phi) is 7.75. The van der Waals surface area contributed by atoms with Crippen molar-refractivity contribution >= 4 is 12.0 Å². The molecule has 0 radical (unpaired) electrons. The molecular weight excluding hydrogens is 304 g/mol. The van der Waals surface area contributed by atoms with Crippen LogP contribution in [0, 0.1) is 6.92 Å². The van der Waals surface area contributed by atoms with E-state index in [9.17, 15) is 9.59 Å². The Balaban J connectivity index is 2.32. The summed E-state index contributed by atoms with van der Waals surface area (Å²) in [5, 5.41) is 5.70. The molecular formula is C19H30N2O3. The van der Waals surface area contributed by atoms with Gasteiger partial charge < -0.3 is 15.4 Å². The second kappa shape index (κ2) is 9.30. The number of hydrogen-bond donors (Lipinski definition) is 2. The Morgan fingerprint density at radius 3 is 2.33 bits per heavy atom. The monoisotopic (exact) mass is 334 g/mol. The van der Waals surface area contributed by atoms with Crippen LogP contribution in [0.1, 0.15) is 64.1 Å². The van der Waals surface area contributed by atoms with Crippen LogP contribution in [0.5, 0.6) is 0 Å². The van der Waals surface area contributed by atoms with Crippen LogP contribution in [0.4, 0.5) is 4.79 Å². The van der Waals surface area contributed by atoms with Crippen LogP contribution < -0.4 is 10.6 Å². The van der Waals surface area contributed by atoms with Crippen LogP contribution in [-0.2, 0) is 9.53 Å². The number of nitrogens with one attached hydrogen (secondary N) is 2. The van der Waals surface area contributed by atoms with Gasteiger partial charge in [-0.3, -0.25) is 4.79 Å². The average Bonchev–Trinajstić information content (AvgIpc) is 2.48. The quantitative estimate of drug-likeness (QED) is 0.744. The van der Waals surface area contributed by atoms with E-state index in [0.29, 0.717) is 19.4 Å². The second-order valence-electron chi connectivity index (χ2n) is 6.97. The summed E-state index contributed by atoms with van der Waals surface area (Å²) in [7, 11) is 0. The Bertz CT molecular complexity index is 533. The maximum atomic E-state index is 12.1. The van der Waals surface area contributed by atoms with E-state index in [1.807, 2.05) is 39.8 Å². The van der Waals surface area contributed by atoms with Crippen LogP contribution >= 0.6 is 0 Å². The van der Waals surface area contributed by atoms with Gasteiger partial charge in [-0.05, 0) is 46.1 Å². The number of ether oxygens (including phenoxy) is 1. The zero-order valence-electron chi connectivity index (χ0n) is 15.4. The van der Waals surface area contributed by atoms with Crippen molar-refractivity contribution in [1.82, 2.24) is 10.6 Å². The van der Waals surface area contributed by atoms with Gasteiger partial charge in [0.05, 0.1) is 6.04 Å². The lowest BCUT2D eigenvalue weighted by Gasteiger charge is -2.20. The number of hydrogen-bond acceptors (Lipinski definition) is 3. The van der Waals surface area contributed by atoms with Crippen LogP contribution in [0.2, 0.25) is 0 Å². The topological polar surface area (TPSA) is 67.4 Å². The summed E-state index contributed by atoms with van der Waals surface area (Å²) in [6.45, 7) is 9.96. The van der Waals surface area contributed by atoms with Crippen LogP contribution in [0.15, 0.2) is 24.3 Å². The fourth-order valence-corrected chi connectivity index (χ4v) is 2.24. The number of amides is 2. The van der Waals surface area contributed by atoms with Gasteiger partial charge in [0.1, 0.15) is 5.60 Å². The highest BCUT2D eigenvalue weighted by molar-refractivity contribution is 5.76. The molecule has 0 saturated heterocycles. The van der Waals surface area contributed by atoms with Gasteiger partial charge in [-0.15, -0.1) is 0 Å². The molecule has 24 heavy (non-hydrogen) atoms. The molecule has 0 heterocycles. The lowest BCUT2D eigenvalue weighted by molar-refractivity contribution is -0.122. The highest BCUT2D eigenvalue weighted by Gasteiger charge is 2.16. The number of aryl methyl sites for hydroxylation is 1. The maximum Gasteiger partial charge on any atom is 0.407 e. The van der Waals surface area contributed by atoms with Gasteiger partial charge in [0.25, 0.3) is 0 Å². The Hall–Kier alpha value is -2.04. The van der Waals surface area contributed by atoms with Crippen molar-refractivity contribution in [2.75, 3.05) is 6.54 Å². The van der Waals surface area contributed by atoms with E-state index >= 15 is 0 Å². The van der Waals surface area contributed by atoms with Crippen LogP contribution in [-0.4, -0.2) is 24.1 Å². The summed E-state index contributed by atoms with van der Waals surface area (Å²) in [6, 6.07) is 8.22. The lowest BCUT2D eigenvalue weighted by atomic mass is 10.0. The number of rotatable bonds is 7. The second-order valence-corrected chi connectivity index (χ2v) is 6.97. The van der Waals surface area contributed by atoms with Crippen molar-refractivity contribution in [2.24, 2.45) is 0 Å². The molecule has 0 aliphatic carbocycles. The summed E-state index contributed by atoms with van der Waals surface area (Å²) in [5.74, 6) is -0.00610. The molecule has 5 heteroatoms. The van der Waals surface area contributed by atoms with E-state index in [0.717, 1.165) is 12.0 Å². The van der Waals surface area contributed by atoms with Gasteiger partial charge in [-0.2, -0.15) is 0 Å². The minimum Gasteiger partial charge on any atom is -0.444 e. The van der Waals surface area contributed by atoms with Gasteiger partial charge in [-0.25, -0.2) is 4.79 Å². The minimum atomic E-state index is -0.510. The molecule has 1 aromatic carbocycles. The van der Waals surface area contributed by atoms with E-state index in [1.165, 1.54) is 5.56 Å². The van der Waals surface area contributed by atoms with Crippen LogP contribution in [0.3, 0.4) is 0 Å². The smallest absolute Gasteiger partial charge is 0.407 e. The highest BCUT2D eigenvalue weighted by atomic mass is 16.6. The van der Waals surface area contributed by atoms with Gasteiger partial charge in [-0.1, -0.05) is 36.8 Å². The molecule has 0 aliphatic heterocycles. The van der Waals surface area contributed by atoms with E-state index in [-0.39, 0.29) is 11.9 Å². The molecule has 2 N–H and O–H groups in total. The molecule has 0 bridgehead atoms. The Morgan fingerprint density at radius 1 is 1.17 bits per heavy atom. The predicted molar refractivity (Wildman–Crippen MR) is 95.8 cm³/mol. The first kappa shape index (κ1) is 20.0. The molecule has 5 nitrogen and oxygen atoms in total. The molecule has 1 rings (SSSR count). The van der Waals surface area contributed by atoms with Gasteiger partial charge in [0, 0.05) is 13.0 Å². The fourth-order valence-electron chi connectivity index (χ4n) is 2.24. The van der Waals surface area contributed by atoms with Crippen LogP contribution in [0.25, 0.3) is 0 Å². The highest BCUT2D eigenvalue weighted by Crippen LogP contribution is 2.17. The number of benzene rings is 1. The van der Waals surface area contributed by atoms with Crippen molar-refractivity contribution in [3.8, 4) is 0 Å². The normalized spacial score (nSPS) is 12.4. The van der Waals surface area contributed by atoms with Crippen molar-refractivity contribution in [3.63, 3.8) is 0 Å². The molecule has 0 spiro atoms. The first-order valence-electron chi connectivity index (χ1n) is 8.54. The number of carbonyl (C=O) groups excluding carboxylic acids is 2.